The SMILES string of the molecule is CN(C)S(=O)(=O)c1cccc(CN2CCC3CNCC3C2)c1. The molecule has 2 saturated heterocycles. The highest BCUT2D eigenvalue weighted by Crippen LogP contribution is 2.27. The van der Waals surface area contributed by atoms with E-state index >= 15 is 0 Å². The summed E-state index contributed by atoms with van der Waals surface area (Å²) in [5.41, 5.74) is 1.08. The van der Waals surface area contributed by atoms with Crippen LogP contribution in [-0.4, -0.2) is 57.9 Å². The van der Waals surface area contributed by atoms with Crippen molar-refractivity contribution in [3.8, 4) is 0 Å². The van der Waals surface area contributed by atoms with Crippen LogP contribution in [0.4, 0.5) is 0 Å². The van der Waals surface area contributed by atoms with Gasteiger partial charge in [0.05, 0.1) is 4.90 Å². The van der Waals surface area contributed by atoms with Crippen LogP contribution < -0.4 is 5.32 Å². The molecule has 2 heterocycles. The van der Waals surface area contributed by atoms with Gasteiger partial charge in [-0.05, 0) is 55.6 Å². The van der Waals surface area contributed by atoms with E-state index in [0.29, 0.717) is 4.90 Å². The highest BCUT2D eigenvalue weighted by molar-refractivity contribution is 7.89. The molecule has 1 N–H and O–H groups in total. The van der Waals surface area contributed by atoms with Gasteiger partial charge in [0.2, 0.25) is 10.0 Å². The van der Waals surface area contributed by atoms with Crippen molar-refractivity contribution in [1.29, 1.82) is 0 Å². The lowest BCUT2D eigenvalue weighted by Crippen LogP contribution is -2.39. The van der Waals surface area contributed by atoms with Crippen LogP contribution in [0.3, 0.4) is 0 Å². The predicted octanol–water partition coefficient (Wildman–Crippen LogP) is 0.978. The second-order valence-electron chi connectivity index (χ2n) is 6.64. The third kappa shape index (κ3) is 3.20. The maximum Gasteiger partial charge on any atom is 0.242 e. The Morgan fingerprint density at radius 3 is 2.82 bits per heavy atom. The van der Waals surface area contributed by atoms with Crippen molar-refractivity contribution in [3.63, 3.8) is 0 Å². The molecule has 0 aliphatic carbocycles. The van der Waals surface area contributed by atoms with Gasteiger partial charge in [0.15, 0.2) is 0 Å². The lowest BCUT2D eigenvalue weighted by Gasteiger charge is -2.34. The molecule has 0 radical (unpaired) electrons. The van der Waals surface area contributed by atoms with E-state index in [0.717, 1.165) is 50.1 Å². The first-order chi connectivity index (χ1) is 10.5. The van der Waals surface area contributed by atoms with E-state index in [1.165, 1.54) is 10.7 Å². The average Bonchev–Trinajstić information content (AvgIpc) is 2.95. The number of likely N-dealkylation sites (tertiary alicyclic amines) is 1. The number of sulfonamides is 1. The second-order valence-corrected chi connectivity index (χ2v) is 8.79. The molecular formula is C16H25N3O2S. The van der Waals surface area contributed by atoms with Crippen LogP contribution >= 0.6 is 0 Å². The van der Waals surface area contributed by atoms with Gasteiger partial charge in [0.25, 0.3) is 0 Å². The monoisotopic (exact) mass is 323 g/mol. The summed E-state index contributed by atoms with van der Waals surface area (Å²) < 4.78 is 25.7. The van der Waals surface area contributed by atoms with Crippen LogP contribution in [0.25, 0.3) is 0 Å². The summed E-state index contributed by atoms with van der Waals surface area (Å²) in [5, 5.41) is 3.48. The maximum absolute atomic E-state index is 12.2. The number of hydrogen-bond acceptors (Lipinski definition) is 4. The number of nitrogens with zero attached hydrogens (tertiary/aromatic N) is 2. The third-order valence-electron chi connectivity index (χ3n) is 4.87. The van der Waals surface area contributed by atoms with Crippen molar-refractivity contribution in [2.75, 3.05) is 40.3 Å². The van der Waals surface area contributed by atoms with Gasteiger partial charge in [-0.1, -0.05) is 12.1 Å². The summed E-state index contributed by atoms with van der Waals surface area (Å²) in [6.45, 7) is 5.33. The van der Waals surface area contributed by atoms with Crippen molar-refractivity contribution >= 4 is 10.0 Å². The summed E-state index contributed by atoms with van der Waals surface area (Å²) >= 11 is 0. The predicted molar refractivity (Wildman–Crippen MR) is 87.1 cm³/mol. The van der Waals surface area contributed by atoms with Crippen LogP contribution in [0.15, 0.2) is 29.2 Å². The fourth-order valence-corrected chi connectivity index (χ4v) is 4.50. The van der Waals surface area contributed by atoms with E-state index in [9.17, 15) is 8.42 Å². The first-order valence-electron chi connectivity index (χ1n) is 7.91. The average molecular weight is 323 g/mol. The molecule has 1 aromatic rings. The lowest BCUT2D eigenvalue weighted by molar-refractivity contribution is 0.142. The Balaban J connectivity index is 1.71. The molecule has 5 nitrogen and oxygen atoms in total. The summed E-state index contributed by atoms with van der Waals surface area (Å²) in [5.74, 6) is 1.58. The summed E-state index contributed by atoms with van der Waals surface area (Å²) in [6, 6.07) is 7.35. The minimum Gasteiger partial charge on any atom is -0.316 e. The van der Waals surface area contributed by atoms with Gasteiger partial charge in [-0.25, -0.2) is 12.7 Å². The zero-order valence-electron chi connectivity index (χ0n) is 13.3. The molecule has 122 valence electrons. The minimum absolute atomic E-state index is 0.382. The van der Waals surface area contributed by atoms with Crippen LogP contribution in [0.1, 0.15) is 12.0 Å². The van der Waals surface area contributed by atoms with E-state index in [1.807, 2.05) is 18.2 Å². The standard InChI is InChI=1S/C16H25N3O2S/c1-18(2)22(20,21)16-5-3-4-13(8-16)11-19-7-6-14-9-17-10-15(14)12-19/h3-5,8,14-15,17H,6-7,9-12H2,1-2H3. The molecule has 22 heavy (non-hydrogen) atoms. The molecule has 0 bridgehead atoms. The molecule has 6 heteroatoms. The Hall–Kier alpha value is -0.950. The molecule has 0 aromatic heterocycles. The summed E-state index contributed by atoms with van der Waals surface area (Å²) in [6.07, 6.45) is 1.24. The highest BCUT2D eigenvalue weighted by atomic mass is 32.2. The molecule has 3 rings (SSSR count). The van der Waals surface area contributed by atoms with Crippen molar-refractivity contribution in [3.05, 3.63) is 29.8 Å². The van der Waals surface area contributed by atoms with Crippen LogP contribution in [-0.2, 0) is 16.6 Å². The topological polar surface area (TPSA) is 52.7 Å². The molecule has 2 aliphatic rings. The quantitative estimate of drug-likeness (QED) is 0.897. The lowest BCUT2D eigenvalue weighted by atomic mass is 9.88. The molecule has 2 fully saturated rings. The maximum atomic E-state index is 12.2. The summed E-state index contributed by atoms with van der Waals surface area (Å²) in [7, 11) is -0.211. The van der Waals surface area contributed by atoms with Crippen molar-refractivity contribution in [1.82, 2.24) is 14.5 Å². The molecule has 0 spiro atoms. The fourth-order valence-electron chi connectivity index (χ4n) is 3.53. The Kier molecular flexibility index (Phi) is 4.54. The van der Waals surface area contributed by atoms with Gasteiger partial charge in [-0.2, -0.15) is 0 Å². The van der Waals surface area contributed by atoms with Gasteiger partial charge in [-0.15, -0.1) is 0 Å². The number of fused-ring (bicyclic) bond motifs is 1. The number of rotatable bonds is 4. The van der Waals surface area contributed by atoms with Gasteiger partial charge < -0.3 is 5.32 Å². The molecule has 0 amide bonds. The van der Waals surface area contributed by atoms with E-state index in [2.05, 4.69) is 10.2 Å². The van der Waals surface area contributed by atoms with E-state index in [4.69, 9.17) is 0 Å². The van der Waals surface area contributed by atoms with Crippen molar-refractivity contribution in [2.45, 2.75) is 17.9 Å². The normalized spacial score (nSPS) is 26.3. The molecular weight excluding hydrogens is 298 g/mol. The van der Waals surface area contributed by atoms with E-state index in [-0.39, 0.29) is 0 Å². The van der Waals surface area contributed by atoms with E-state index in [1.54, 1.807) is 20.2 Å². The van der Waals surface area contributed by atoms with E-state index < -0.39 is 10.0 Å². The zero-order valence-corrected chi connectivity index (χ0v) is 14.1. The molecule has 1 aromatic carbocycles. The minimum atomic E-state index is -3.35. The Labute approximate surface area is 133 Å². The van der Waals surface area contributed by atoms with Crippen LogP contribution in [0.2, 0.25) is 0 Å². The van der Waals surface area contributed by atoms with Gasteiger partial charge >= 0.3 is 0 Å². The number of hydrogen-bond donors (Lipinski definition) is 1. The van der Waals surface area contributed by atoms with Gasteiger partial charge in [0, 0.05) is 27.2 Å². The van der Waals surface area contributed by atoms with Gasteiger partial charge in [-0.3, -0.25) is 4.90 Å². The Morgan fingerprint density at radius 2 is 2.05 bits per heavy atom. The van der Waals surface area contributed by atoms with Crippen molar-refractivity contribution in [2.24, 2.45) is 11.8 Å². The summed E-state index contributed by atoms with van der Waals surface area (Å²) in [4.78, 5) is 2.84. The highest BCUT2D eigenvalue weighted by Gasteiger charge is 2.32. The Morgan fingerprint density at radius 1 is 1.27 bits per heavy atom. The fraction of sp³-hybridized carbons (Fsp3) is 0.625. The first kappa shape index (κ1) is 15.9. The zero-order chi connectivity index (χ0) is 15.7. The molecule has 2 atom stereocenters. The van der Waals surface area contributed by atoms with Crippen LogP contribution in [0.5, 0.6) is 0 Å². The van der Waals surface area contributed by atoms with Gasteiger partial charge in [0.1, 0.15) is 0 Å². The first-order valence-corrected chi connectivity index (χ1v) is 9.35. The molecule has 2 unspecified atom stereocenters. The largest absolute Gasteiger partial charge is 0.316 e. The van der Waals surface area contributed by atoms with Crippen molar-refractivity contribution < 1.29 is 8.42 Å². The molecule has 0 saturated carbocycles. The van der Waals surface area contributed by atoms with Crippen LogP contribution in [0, 0.1) is 11.8 Å². The number of benzene rings is 1. The third-order valence-corrected chi connectivity index (χ3v) is 6.68. The Bertz CT molecular complexity index is 630. The smallest absolute Gasteiger partial charge is 0.242 e. The molecule has 2 aliphatic heterocycles. The second kappa shape index (κ2) is 6.28. The number of piperidine rings is 1. The number of nitrogens with one attached hydrogen (secondary N) is 1.